The van der Waals surface area contributed by atoms with Crippen LogP contribution in [0.5, 0.6) is 0 Å². The van der Waals surface area contributed by atoms with Gasteiger partial charge in [-0.15, -0.1) is 0 Å². The van der Waals surface area contributed by atoms with Crippen LogP contribution in [0.4, 0.5) is 23.0 Å². The van der Waals surface area contributed by atoms with Gasteiger partial charge < -0.3 is 10.6 Å². The molecule has 7 heteroatoms. The molecule has 21 heavy (non-hydrogen) atoms. The van der Waals surface area contributed by atoms with Crippen molar-refractivity contribution >= 4 is 23.0 Å². The summed E-state index contributed by atoms with van der Waals surface area (Å²) in [5.74, 6) is 0.586. The monoisotopic (exact) mass is 283 g/mol. The second kappa shape index (κ2) is 5.88. The zero-order valence-corrected chi connectivity index (χ0v) is 11.5. The van der Waals surface area contributed by atoms with Gasteiger partial charge >= 0.3 is 5.69 Å². The smallest absolute Gasteiger partial charge is 0.311 e. The summed E-state index contributed by atoms with van der Waals surface area (Å²) in [5.41, 5.74) is 1.55. The van der Waals surface area contributed by atoms with Crippen molar-refractivity contribution in [3.63, 3.8) is 0 Å². The molecule has 1 aromatic carbocycles. The van der Waals surface area contributed by atoms with E-state index in [-0.39, 0.29) is 11.5 Å². The molecule has 106 valence electrons. The second-order valence-electron chi connectivity index (χ2n) is 4.31. The SMILES string of the molecule is CNc1ccc([N+](=O)[O-])c(Nc2cccc(C)c2C#N)n1. The van der Waals surface area contributed by atoms with E-state index in [1.54, 1.807) is 32.2 Å². The van der Waals surface area contributed by atoms with E-state index < -0.39 is 4.92 Å². The first-order valence-electron chi connectivity index (χ1n) is 6.16. The maximum absolute atomic E-state index is 11.1. The highest BCUT2D eigenvalue weighted by atomic mass is 16.6. The Balaban J connectivity index is 2.51. The van der Waals surface area contributed by atoms with Gasteiger partial charge in [-0.1, -0.05) is 12.1 Å². The van der Waals surface area contributed by atoms with Crippen molar-refractivity contribution in [2.24, 2.45) is 0 Å². The zero-order valence-electron chi connectivity index (χ0n) is 11.5. The summed E-state index contributed by atoms with van der Waals surface area (Å²) in [6.07, 6.45) is 0. The normalized spacial score (nSPS) is 9.76. The van der Waals surface area contributed by atoms with Crippen LogP contribution in [0.3, 0.4) is 0 Å². The van der Waals surface area contributed by atoms with E-state index >= 15 is 0 Å². The van der Waals surface area contributed by atoms with E-state index in [0.29, 0.717) is 17.1 Å². The highest BCUT2D eigenvalue weighted by Crippen LogP contribution is 2.29. The number of nitro groups is 1. The van der Waals surface area contributed by atoms with Gasteiger partial charge in [0.2, 0.25) is 5.82 Å². The van der Waals surface area contributed by atoms with E-state index in [4.69, 9.17) is 0 Å². The summed E-state index contributed by atoms with van der Waals surface area (Å²) < 4.78 is 0. The van der Waals surface area contributed by atoms with Gasteiger partial charge in [-0.2, -0.15) is 5.26 Å². The quantitative estimate of drug-likeness (QED) is 0.660. The van der Waals surface area contributed by atoms with Gasteiger partial charge in [0.25, 0.3) is 0 Å². The molecule has 0 fully saturated rings. The molecular weight excluding hydrogens is 270 g/mol. The number of nitrogens with one attached hydrogen (secondary N) is 2. The molecule has 0 radical (unpaired) electrons. The Hall–Kier alpha value is -3.14. The van der Waals surface area contributed by atoms with Crippen LogP contribution in [0.25, 0.3) is 0 Å². The van der Waals surface area contributed by atoms with Crippen molar-refractivity contribution in [1.82, 2.24) is 4.98 Å². The Kier molecular flexibility index (Phi) is 4.00. The maximum Gasteiger partial charge on any atom is 0.311 e. The molecule has 2 N–H and O–H groups in total. The minimum Gasteiger partial charge on any atom is -0.373 e. The van der Waals surface area contributed by atoms with Crippen LogP contribution in [0.15, 0.2) is 30.3 Å². The number of aryl methyl sites for hydroxylation is 1. The predicted octanol–water partition coefficient (Wildman–Crippen LogP) is 2.96. The number of anilines is 3. The molecule has 0 saturated carbocycles. The molecule has 0 aliphatic carbocycles. The molecule has 7 nitrogen and oxygen atoms in total. The van der Waals surface area contributed by atoms with E-state index in [0.717, 1.165) is 5.56 Å². The number of nitriles is 1. The van der Waals surface area contributed by atoms with Crippen molar-refractivity contribution in [3.8, 4) is 6.07 Å². The summed E-state index contributed by atoms with van der Waals surface area (Å²) >= 11 is 0. The first-order valence-corrected chi connectivity index (χ1v) is 6.16. The molecule has 0 aliphatic heterocycles. The highest BCUT2D eigenvalue weighted by molar-refractivity contribution is 5.72. The predicted molar refractivity (Wildman–Crippen MR) is 79.6 cm³/mol. The third-order valence-electron chi connectivity index (χ3n) is 2.96. The van der Waals surface area contributed by atoms with E-state index in [1.165, 1.54) is 12.1 Å². The van der Waals surface area contributed by atoms with E-state index in [9.17, 15) is 15.4 Å². The molecule has 0 bridgehead atoms. The second-order valence-corrected chi connectivity index (χ2v) is 4.31. The molecule has 2 aromatic rings. The summed E-state index contributed by atoms with van der Waals surface area (Å²) in [6, 6.07) is 10.2. The van der Waals surface area contributed by atoms with Crippen LogP contribution >= 0.6 is 0 Å². The van der Waals surface area contributed by atoms with Gasteiger partial charge in [0.05, 0.1) is 16.2 Å². The number of hydrogen-bond donors (Lipinski definition) is 2. The van der Waals surface area contributed by atoms with Gasteiger partial charge in [-0.05, 0) is 24.6 Å². The first kappa shape index (κ1) is 14.3. The molecule has 0 aliphatic rings. The largest absolute Gasteiger partial charge is 0.373 e. The fourth-order valence-corrected chi connectivity index (χ4v) is 1.88. The van der Waals surface area contributed by atoms with E-state index in [1.807, 2.05) is 0 Å². The number of rotatable bonds is 4. The van der Waals surface area contributed by atoms with Crippen LogP contribution in [0.2, 0.25) is 0 Å². The van der Waals surface area contributed by atoms with Gasteiger partial charge in [0.15, 0.2) is 0 Å². The molecule has 0 atom stereocenters. The molecule has 1 aromatic heterocycles. The van der Waals surface area contributed by atoms with Crippen LogP contribution in [-0.2, 0) is 0 Å². The number of pyridine rings is 1. The lowest BCUT2D eigenvalue weighted by Crippen LogP contribution is -2.03. The Morgan fingerprint density at radius 1 is 1.33 bits per heavy atom. The lowest BCUT2D eigenvalue weighted by atomic mass is 10.1. The van der Waals surface area contributed by atoms with E-state index in [2.05, 4.69) is 21.7 Å². The Morgan fingerprint density at radius 2 is 2.10 bits per heavy atom. The number of benzene rings is 1. The summed E-state index contributed by atoms with van der Waals surface area (Å²) in [7, 11) is 1.67. The average molecular weight is 283 g/mol. The van der Waals surface area contributed by atoms with Crippen LogP contribution in [0, 0.1) is 28.4 Å². The standard InChI is InChI=1S/C14H13N5O2/c1-9-4-3-5-11(10(9)8-15)17-14-12(19(20)21)6-7-13(16-2)18-14/h3-7H,1-2H3,(H2,16,17,18). The summed E-state index contributed by atoms with van der Waals surface area (Å²) in [5, 5.41) is 26.0. The van der Waals surface area contributed by atoms with Crippen LogP contribution < -0.4 is 10.6 Å². The van der Waals surface area contributed by atoms with Crippen molar-refractivity contribution in [1.29, 1.82) is 5.26 Å². The van der Waals surface area contributed by atoms with Gasteiger partial charge in [-0.25, -0.2) is 4.98 Å². The minimum absolute atomic E-state index is 0.0916. The fourth-order valence-electron chi connectivity index (χ4n) is 1.88. The molecule has 0 amide bonds. The Labute approximate surface area is 121 Å². The lowest BCUT2D eigenvalue weighted by Gasteiger charge is -2.10. The van der Waals surface area contributed by atoms with Gasteiger partial charge in [0, 0.05) is 13.1 Å². The molecule has 2 rings (SSSR count). The molecule has 0 unspecified atom stereocenters. The molecule has 0 saturated heterocycles. The summed E-state index contributed by atoms with van der Waals surface area (Å²) in [4.78, 5) is 14.7. The van der Waals surface area contributed by atoms with Crippen molar-refractivity contribution in [2.45, 2.75) is 6.92 Å². The topological polar surface area (TPSA) is 104 Å². The van der Waals surface area contributed by atoms with Crippen molar-refractivity contribution in [2.75, 3.05) is 17.7 Å². The van der Waals surface area contributed by atoms with Gasteiger partial charge in [-0.3, -0.25) is 10.1 Å². The summed E-state index contributed by atoms with van der Waals surface area (Å²) in [6.45, 7) is 1.80. The Morgan fingerprint density at radius 3 is 2.71 bits per heavy atom. The van der Waals surface area contributed by atoms with Crippen molar-refractivity contribution < 1.29 is 4.92 Å². The Bertz CT molecular complexity index is 737. The number of aromatic nitrogens is 1. The highest BCUT2D eigenvalue weighted by Gasteiger charge is 2.17. The molecule has 0 spiro atoms. The lowest BCUT2D eigenvalue weighted by molar-refractivity contribution is -0.384. The molecule has 1 heterocycles. The first-order chi connectivity index (χ1) is 10.1. The fraction of sp³-hybridized carbons (Fsp3) is 0.143. The molecular formula is C14H13N5O2. The number of hydrogen-bond acceptors (Lipinski definition) is 6. The average Bonchev–Trinajstić information content (AvgIpc) is 2.47. The minimum atomic E-state index is -0.517. The zero-order chi connectivity index (χ0) is 15.4. The maximum atomic E-state index is 11.1. The van der Waals surface area contributed by atoms with Gasteiger partial charge in [0.1, 0.15) is 11.9 Å². The van der Waals surface area contributed by atoms with Crippen LogP contribution in [0.1, 0.15) is 11.1 Å². The third kappa shape index (κ3) is 2.90. The van der Waals surface area contributed by atoms with Crippen LogP contribution in [-0.4, -0.2) is 17.0 Å². The number of nitrogens with zero attached hydrogens (tertiary/aromatic N) is 3. The third-order valence-corrected chi connectivity index (χ3v) is 2.96. The van der Waals surface area contributed by atoms with Crippen molar-refractivity contribution in [3.05, 3.63) is 51.6 Å².